The number of ether oxygens (including phenoxy) is 1. The first-order chi connectivity index (χ1) is 13.5. The Morgan fingerprint density at radius 1 is 1.18 bits per heavy atom. The van der Waals surface area contributed by atoms with Crippen molar-refractivity contribution < 1.29 is 18.3 Å². The van der Waals surface area contributed by atoms with E-state index in [2.05, 4.69) is 5.32 Å². The molecule has 1 saturated heterocycles. The number of hydrogen-bond acceptors (Lipinski definition) is 3. The molecular formula is C21H18F2N2O3. The van der Waals surface area contributed by atoms with Crippen LogP contribution in [0.3, 0.4) is 0 Å². The first kappa shape index (κ1) is 18.3. The maximum atomic E-state index is 14.3. The lowest BCUT2D eigenvalue weighted by atomic mass is 10.1. The fourth-order valence-electron chi connectivity index (χ4n) is 3.44. The van der Waals surface area contributed by atoms with Gasteiger partial charge in [-0.25, -0.2) is 8.78 Å². The van der Waals surface area contributed by atoms with Gasteiger partial charge in [-0.2, -0.15) is 0 Å². The maximum absolute atomic E-state index is 14.3. The van der Waals surface area contributed by atoms with E-state index in [9.17, 15) is 18.4 Å². The van der Waals surface area contributed by atoms with E-state index in [0.29, 0.717) is 24.6 Å². The monoisotopic (exact) mass is 384 g/mol. The fraction of sp³-hybridized carbons (Fsp3) is 0.238. The summed E-state index contributed by atoms with van der Waals surface area (Å²) in [7, 11) is 0. The second-order valence-corrected chi connectivity index (χ2v) is 6.70. The van der Waals surface area contributed by atoms with E-state index in [1.54, 1.807) is 24.3 Å². The molecule has 1 N–H and O–H groups in total. The van der Waals surface area contributed by atoms with Crippen molar-refractivity contribution >= 4 is 16.7 Å². The molecule has 1 aliphatic heterocycles. The van der Waals surface area contributed by atoms with Gasteiger partial charge in [-0.1, -0.05) is 18.2 Å². The number of nitrogens with one attached hydrogen (secondary N) is 1. The Morgan fingerprint density at radius 2 is 1.96 bits per heavy atom. The van der Waals surface area contributed by atoms with Crippen molar-refractivity contribution in [2.45, 2.75) is 18.9 Å². The number of halogens is 2. The van der Waals surface area contributed by atoms with Crippen molar-refractivity contribution in [3.63, 3.8) is 0 Å². The second kappa shape index (κ2) is 7.52. The van der Waals surface area contributed by atoms with Gasteiger partial charge in [-0.3, -0.25) is 14.2 Å². The average Bonchev–Trinajstić information content (AvgIpc) is 3.21. The summed E-state index contributed by atoms with van der Waals surface area (Å²) < 4.78 is 34.1. The minimum atomic E-state index is -0.886. The summed E-state index contributed by atoms with van der Waals surface area (Å²) in [5.41, 5.74) is -0.376. The SMILES string of the molecule is O=C(NCC1CCCO1)c1cn(-c2ccc(F)cc2F)c(=O)c2ccccc12. The average molecular weight is 384 g/mol. The molecule has 1 aliphatic rings. The molecule has 7 heteroatoms. The Labute approximate surface area is 159 Å². The van der Waals surface area contributed by atoms with E-state index in [1.165, 1.54) is 12.3 Å². The normalized spacial score (nSPS) is 16.4. The van der Waals surface area contributed by atoms with Crippen molar-refractivity contribution in [2.75, 3.05) is 13.2 Å². The molecule has 0 radical (unpaired) electrons. The number of hydrogen-bond donors (Lipinski definition) is 1. The number of benzene rings is 2. The Balaban J connectivity index is 1.80. The first-order valence-electron chi connectivity index (χ1n) is 9.04. The third-order valence-electron chi connectivity index (χ3n) is 4.85. The minimum Gasteiger partial charge on any atom is -0.376 e. The molecule has 1 amide bonds. The number of carbonyl (C=O) groups is 1. The lowest BCUT2D eigenvalue weighted by Crippen LogP contribution is -2.33. The van der Waals surface area contributed by atoms with Crippen molar-refractivity contribution in [1.82, 2.24) is 9.88 Å². The summed E-state index contributed by atoms with van der Waals surface area (Å²) >= 11 is 0. The van der Waals surface area contributed by atoms with Gasteiger partial charge in [0, 0.05) is 36.2 Å². The molecule has 4 rings (SSSR count). The van der Waals surface area contributed by atoms with Crippen molar-refractivity contribution in [3.8, 4) is 5.69 Å². The number of fused-ring (bicyclic) bond motifs is 1. The Kier molecular flexibility index (Phi) is 4.92. The van der Waals surface area contributed by atoms with Crippen LogP contribution in [0.2, 0.25) is 0 Å². The quantitative estimate of drug-likeness (QED) is 0.752. The van der Waals surface area contributed by atoms with Crippen molar-refractivity contribution in [1.29, 1.82) is 0 Å². The third-order valence-corrected chi connectivity index (χ3v) is 4.85. The molecule has 144 valence electrons. The smallest absolute Gasteiger partial charge is 0.263 e. The summed E-state index contributed by atoms with van der Waals surface area (Å²) in [6.07, 6.45) is 3.10. The van der Waals surface area contributed by atoms with Crippen molar-refractivity contribution in [2.24, 2.45) is 0 Å². The van der Waals surface area contributed by atoms with Crippen molar-refractivity contribution in [3.05, 3.63) is 76.2 Å². The van der Waals surface area contributed by atoms with Gasteiger partial charge in [-0.15, -0.1) is 0 Å². The molecule has 2 aromatic carbocycles. The number of amides is 1. The van der Waals surface area contributed by atoms with E-state index < -0.39 is 17.2 Å². The Hall–Kier alpha value is -3.06. The summed E-state index contributed by atoms with van der Waals surface area (Å²) in [4.78, 5) is 25.7. The zero-order valence-electron chi connectivity index (χ0n) is 15.0. The summed E-state index contributed by atoms with van der Waals surface area (Å²) in [5, 5.41) is 3.56. The maximum Gasteiger partial charge on any atom is 0.263 e. The van der Waals surface area contributed by atoms with Gasteiger partial charge in [-0.05, 0) is 31.0 Å². The molecule has 3 aromatic rings. The molecule has 1 fully saturated rings. The van der Waals surface area contributed by atoms with Gasteiger partial charge in [0.1, 0.15) is 11.6 Å². The predicted molar refractivity (Wildman–Crippen MR) is 101 cm³/mol. The summed E-state index contributed by atoms with van der Waals surface area (Å²) in [6.45, 7) is 1.04. The highest BCUT2D eigenvalue weighted by molar-refractivity contribution is 6.06. The van der Waals surface area contributed by atoms with Gasteiger partial charge < -0.3 is 10.1 Å². The van der Waals surface area contributed by atoms with Crippen LogP contribution in [0.1, 0.15) is 23.2 Å². The van der Waals surface area contributed by atoms with Crippen LogP contribution in [0.4, 0.5) is 8.78 Å². The molecule has 0 bridgehead atoms. The van der Waals surface area contributed by atoms with Gasteiger partial charge in [0.15, 0.2) is 0 Å². The number of carbonyl (C=O) groups excluding carboxylic acids is 1. The van der Waals surface area contributed by atoms with Crippen LogP contribution in [0.5, 0.6) is 0 Å². The summed E-state index contributed by atoms with van der Waals surface area (Å²) in [5.74, 6) is -2.02. The zero-order valence-corrected chi connectivity index (χ0v) is 15.0. The lowest BCUT2D eigenvalue weighted by Gasteiger charge is -2.15. The van der Waals surface area contributed by atoms with E-state index >= 15 is 0 Å². The van der Waals surface area contributed by atoms with Gasteiger partial charge in [0.25, 0.3) is 11.5 Å². The molecule has 5 nitrogen and oxygen atoms in total. The van der Waals surface area contributed by atoms with Gasteiger partial charge in [0.2, 0.25) is 0 Å². The number of rotatable bonds is 4. The third kappa shape index (κ3) is 3.41. The van der Waals surface area contributed by atoms with Crippen LogP contribution in [0.15, 0.2) is 53.5 Å². The van der Waals surface area contributed by atoms with Crippen LogP contribution >= 0.6 is 0 Å². The van der Waals surface area contributed by atoms with E-state index in [-0.39, 0.29) is 28.6 Å². The molecule has 0 spiro atoms. The van der Waals surface area contributed by atoms with Crippen LogP contribution < -0.4 is 10.9 Å². The minimum absolute atomic E-state index is 0.0318. The predicted octanol–water partition coefficient (Wildman–Crippen LogP) is 3.18. The van der Waals surface area contributed by atoms with Crippen LogP contribution in [0, 0.1) is 11.6 Å². The number of nitrogens with zero attached hydrogens (tertiary/aromatic N) is 1. The molecule has 1 unspecified atom stereocenters. The van der Waals surface area contributed by atoms with E-state index in [1.807, 2.05) is 0 Å². The second-order valence-electron chi connectivity index (χ2n) is 6.70. The Morgan fingerprint density at radius 3 is 2.68 bits per heavy atom. The van der Waals surface area contributed by atoms with Crippen LogP contribution in [-0.4, -0.2) is 29.7 Å². The molecule has 1 atom stereocenters. The highest BCUT2D eigenvalue weighted by atomic mass is 19.1. The topological polar surface area (TPSA) is 60.3 Å². The lowest BCUT2D eigenvalue weighted by molar-refractivity contribution is 0.0858. The number of aromatic nitrogens is 1. The highest BCUT2D eigenvalue weighted by Gasteiger charge is 2.20. The first-order valence-corrected chi connectivity index (χ1v) is 9.04. The standard InChI is InChI=1S/C21H18F2N2O3/c22-13-7-8-19(18(23)10-13)25-12-17(15-5-1-2-6-16(15)21(25)27)20(26)24-11-14-4-3-9-28-14/h1-2,5-8,10,12,14H,3-4,9,11H2,(H,24,26). The van der Waals surface area contributed by atoms with Gasteiger partial charge >= 0.3 is 0 Å². The molecule has 1 aromatic heterocycles. The Bertz CT molecular complexity index is 1100. The van der Waals surface area contributed by atoms with Crippen LogP contribution in [-0.2, 0) is 4.74 Å². The fourth-order valence-corrected chi connectivity index (χ4v) is 3.44. The highest BCUT2D eigenvalue weighted by Crippen LogP contribution is 2.20. The molecule has 28 heavy (non-hydrogen) atoms. The van der Waals surface area contributed by atoms with E-state index in [0.717, 1.165) is 23.5 Å². The zero-order chi connectivity index (χ0) is 19.7. The molecule has 0 saturated carbocycles. The largest absolute Gasteiger partial charge is 0.376 e. The molecule has 0 aliphatic carbocycles. The van der Waals surface area contributed by atoms with Gasteiger partial charge in [0.05, 0.1) is 17.4 Å². The molecule has 2 heterocycles. The molecular weight excluding hydrogens is 366 g/mol. The van der Waals surface area contributed by atoms with E-state index in [4.69, 9.17) is 4.74 Å². The number of pyridine rings is 1. The summed E-state index contributed by atoms with van der Waals surface area (Å²) in [6, 6.07) is 9.58. The van der Waals surface area contributed by atoms with Crippen LogP contribution in [0.25, 0.3) is 16.5 Å².